The molecule has 0 atom stereocenters. The Labute approximate surface area is 89.5 Å². The van der Waals surface area contributed by atoms with E-state index in [1.165, 1.54) is 5.41 Å². The fourth-order valence-corrected chi connectivity index (χ4v) is 0.321. The van der Waals surface area contributed by atoms with Crippen molar-refractivity contribution in [3.8, 4) is 0 Å². The van der Waals surface area contributed by atoms with Crippen LogP contribution in [0.25, 0.3) is 0 Å². The van der Waals surface area contributed by atoms with Crippen LogP contribution in [0.15, 0.2) is 40.6 Å². The molecule has 0 bridgehead atoms. The minimum atomic E-state index is 0. The van der Waals surface area contributed by atoms with Gasteiger partial charge in [-0.3, -0.25) is 0 Å². The van der Waals surface area contributed by atoms with Crippen LogP contribution in [0.4, 0.5) is 0 Å². The van der Waals surface area contributed by atoms with Crippen LogP contribution in [0.1, 0.15) is 6.92 Å². The molecule has 11 heavy (non-hydrogen) atoms. The van der Waals surface area contributed by atoms with E-state index in [2.05, 4.69) is 25.3 Å². The van der Waals surface area contributed by atoms with Crippen molar-refractivity contribution in [1.82, 2.24) is 0 Å². The van der Waals surface area contributed by atoms with Crippen LogP contribution in [0.5, 0.6) is 0 Å². The van der Waals surface area contributed by atoms with Gasteiger partial charge >= 0.3 is 0 Å². The summed E-state index contributed by atoms with van der Waals surface area (Å²) in [5.74, 6) is 0. The van der Waals surface area contributed by atoms with Crippen molar-refractivity contribution in [1.29, 1.82) is 0 Å². The van der Waals surface area contributed by atoms with Gasteiger partial charge in [0.2, 0.25) is 0 Å². The first-order valence-corrected chi connectivity index (χ1v) is 3.77. The minimum absolute atomic E-state index is 0. The normalized spacial score (nSPS) is 9.00. The molecule has 1 rings (SSSR count). The molecule has 0 amide bonds. The van der Waals surface area contributed by atoms with E-state index in [9.17, 15) is 0 Å². The molecule has 1 radical (unpaired) electrons. The number of allylic oxidation sites excluding steroid dienone is 1. The molecular formula is C8H9CoS2-3. The Balaban J connectivity index is 0. The number of hydrogen-bond donors (Lipinski definition) is 0. The molecule has 0 heterocycles. The largest absolute Gasteiger partial charge is 0.789 e. The monoisotopic (exact) mass is 228 g/mol. The van der Waals surface area contributed by atoms with E-state index >= 15 is 0 Å². The molecule has 0 saturated heterocycles. The van der Waals surface area contributed by atoms with E-state index in [1.807, 2.05) is 30.3 Å². The maximum atomic E-state index is 4.54. The van der Waals surface area contributed by atoms with E-state index in [-0.39, 0.29) is 16.8 Å². The molecule has 0 spiro atoms. The Kier molecular flexibility index (Phi) is 12.4. The van der Waals surface area contributed by atoms with E-state index in [0.29, 0.717) is 0 Å². The number of hydrogen-bond acceptors (Lipinski definition) is 2. The molecule has 3 heteroatoms. The molecule has 1 aromatic carbocycles. The molecule has 0 nitrogen and oxygen atoms in total. The van der Waals surface area contributed by atoms with Crippen molar-refractivity contribution >= 4 is 25.3 Å². The zero-order valence-corrected chi connectivity index (χ0v) is 8.79. The maximum absolute atomic E-state index is 4.54. The second kappa shape index (κ2) is 10.0. The SMILES string of the molecule is C/C([S-])=C/[S-].[Co].c1cc[cH-]c1. The molecule has 65 valence electrons. The summed E-state index contributed by atoms with van der Waals surface area (Å²) in [4.78, 5) is 0.778. The van der Waals surface area contributed by atoms with Crippen LogP contribution in [-0.2, 0) is 42.0 Å². The summed E-state index contributed by atoms with van der Waals surface area (Å²) in [6, 6.07) is 10.0. The maximum Gasteiger partial charge on any atom is 0 e. The molecule has 0 N–H and O–H groups in total. The Morgan fingerprint density at radius 3 is 1.82 bits per heavy atom. The fourth-order valence-electron chi connectivity index (χ4n) is 0.321. The van der Waals surface area contributed by atoms with Crippen molar-refractivity contribution in [3.05, 3.63) is 40.6 Å². The van der Waals surface area contributed by atoms with Gasteiger partial charge in [0.15, 0.2) is 0 Å². The zero-order chi connectivity index (χ0) is 7.82. The Hall–Kier alpha value is 0.0365. The standard InChI is InChI=1S/C5H5.C3H6S2.Co/c1-2-4-5-3-1;1-3(5)2-4;/h1-5H;2,4-5H,1H3;/q-1;;/p-2/b;3-2-;. The van der Waals surface area contributed by atoms with Crippen molar-refractivity contribution in [3.63, 3.8) is 0 Å². The van der Waals surface area contributed by atoms with Gasteiger partial charge in [-0.25, -0.2) is 22.4 Å². The van der Waals surface area contributed by atoms with Gasteiger partial charge in [0.1, 0.15) is 0 Å². The van der Waals surface area contributed by atoms with Gasteiger partial charge in [-0.05, 0) is 0 Å². The van der Waals surface area contributed by atoms with Crippen LogP contribution in [0.3, 0.4) is 0 Å². The summed E-state index contributed by atoms with van der Waals surface area (Å²) in [5, 5.41) is 1.48. The average Bonchev–Trinajstić information content (AvgIpc) is 2.43. The van der Waals surface area contributed by atoms with E-state index < -0.39 is 0 Å². The van der Waals surface area contributed by atoms with Gasteiger partial charge in [-0.2, -0.15) is 18.2 Å². The van der Waals surface area contributed by atoms with Crippen molar-refractivity contribution in [2.75, 3.05) is 0 Å². The zero-order valence-electron chi connectivity index (χ0n) is 6.11. The fraction of sp³-hybridized carbons (Fsp3) is 0.125. The summed E-state index contributed by atoms with van der Waals surface area (Å²) in [6.45, 7) is 1.79. The summed E-state index contributed by atoms with van der Waals surface area (Å²) < 4.78 is 0. The average molecular weight is 228 g/mol. The van der Waals surface area contributed by atoms with Crippen molar-refractivity contribution in [2.45, 2.75) is 6.92 Å². The molecule has 0 aliphatic rings. The smallest absolute Gasteiger partial charge is 0 e. The summed E-state index contributed by atoms with van der Waals surface area (Å²) >= 11 is 8.95. The van der Waals surface area contributed by atoms with E-state index in [1.54, 1.807) is 6.92 Å². The summed E-state index contributed by atoms with van der Waals surface area (Å²) in [7, 11) is 0. The van der Waals surface area contributed by atoms with Crippen molar-refractivity contribution in [2.24, 2.45) is 0 Å². The first-order valence-electron chi connectivity index (χ1n) is 2.90. The predicted octanol–water partition coefficient (Wildman–Crippen LogP) is 2.34. The van der Waals surface area contributed by atoms with Gasteiger partial charge < -0.3 is 25.3 Å². The molecule has 0 unspecified atom stereocenters. The molecule has 0 aliphatic heterocycles. The Morgan fingerprint density at radius 1 is 1.36 bits per heavy atom. The summed E-state index contributed by atoms with van der Waals surface area (Å²) in [6.07, 6.45) is 0. The van der Waals surface area contributed by atoms with E-state index in [0.717, 1.165) is 4.91 Å². The number of rotatable bonds is 0. The third-order valence-corrected chi connectivity index (χ3v) is 1.34. The van der Waals surface area contributed by atoms with Gasteiger partial charge in [-0.15, -0.1) is 0 Å². The predicted molar refractivity (Wildman–Crippen MR) is 50.5 cm³/mol. The van der Waals surface area contributed by atoms with Crippen LogP contribution in [-0.4, -0.2) is 0 Å². The van der Waals surface area contributed by atoms with Crippen molar-refractivity contribution < 1.29 is 16.8 Å². The molecular weight excluding hydrogens is 219 g/mol. The Morgan fingerprint density at radius 2 is 1.73 bits per heavy atom. The minimum Gasteiger partial charge on any atom is -0.789 e. The first-order chi connectivity index (χ1) is 4.77. The van der Waals surface area contributed by atoms with Crippen LogP contribution < -0.4 is 0 Å². The van der Waals surface area contributed by atoms with E-state index in [4.69, 9.17) is 0 Å². The topological polar surface area (TPSA) is 0 Å². The Bertz CT molecular complexity index is 147. The van der Waals surface area contributed by atoms with Gasteiger partial charge in [0, 0.05) is 16.8 Å². The van der Waals surface area contributed by atoms with Gasteiger partial charge in [0.25, 0.3) is 0 Å². The molecule has 1 aromatic rings. The second-order valence-electron chi connectivity index (χ2n) is 1.69. The van der Waals surface area contributed by atoms with Crippen LogP contribution >= 0.6 is 0 Å². The van der Waals surface area contributed by atoms with Crippen LogP contribution in [0, 0.1) is 0 Å². The van der Waals surface area contributed by atoms with Gasteiger partial charge in [0.05, 0.1) is 0 Å². The third-order valence-electron chi connectivity index (χ3n) is 0.722. The third kappa shape index (κ3) is 13.1. The molecule has 0 aromatic heterocycles. The first kappa shape index (κ1) is 13.6. The van der Waals surface area contributed by atoms with Gasteiger partial charge in [-0.1, -0.05) is 6.92 Å². The summed E-state index contributed by atoms with van der Waals surface area (Å²) in [5.41, 5.74) is 0. The molecule has 0 aliphatic carbocycles. The molecule has 0 fully saturated rings. The second-order valence-corrected chi connectivity index (χ2v) is 2.57. The van der Waals surface area contributed by atoms with Crippen LogP contribution in [0.2, 0.25) is 0 Å². The molecule has 0 saturated carbocycles. The quantitative estimate of drug-likeness (QED) is 0.494.